The number of hydrogen-bond acceptors (Lipinski definition) is 1. The van der Waals surface area contributed by atoms with Gasteiger partial charge in [0.05, 0.1) is 12.2 Å². The van der Waals surface area contributed by atoms with Crippen LogP contribution in [0.5, 0.6) is 0 Å². The van der Waals surface area contributed by atoms with Crippen molar-refractivity contribution in [1.82, 2.24) is 0 Å². The molecule has 1 saturated heterocycles. The molecule has 1 heteroatoms. The van der Waals surface area contributed by atoms with Crippen LogP contribution >= 0.6 is 0 Å². The summed E-state index contributed by atoms with van der Waals surface area (Å²) < 4.78 is 5.98. The average molecular weight is 218 g/mol. The second-order valence-electron chi connectivity index (χ2n) is 6.21. The zero-order valence-corrected chi connectivity index (χ0v) is 10.7. The molecule has 1 nitrogen and oxygen atoms in total. The molecule has 2 fully saturated rings. The van der Waals surface area contributed by atoms with Crippen LogP contribution in [0.3, 0.4) is 0 Å². The Bertz CT molecular complexity index is 379. The highest BCUT2D eigenvalue weighted by Crippen LogP contribution is 2.60. The van der Waals surface area contributed by atoms with Gasteiger partial charge in [-0.2, -0.15) is 0 Å². The van der Waals surface area contributed by atoms with Crippen LogP contribution in [-0.2, 0) is 4.74 Å². The zero-order valence-electron chi connectivity index (χ0n) is 10.7. The third kappa shape index (κ3) is 1.27. The molecule has 0 aromatic carbocycles. The molecule has 3 rings (SSSR count). The molecule has 1 saturated carbocycles. The van der Waals surface area contributed by atoms with E-state index in [1.807, 2.05) is 0 Å². The van der Waals surface area contributed by atoms with Crippen LogP contribution in [0.15, 0.2) is 23.3 Å². The third-order valence-corrected chi connectivity index (χ3v) is 5.06. The quantitative estimate of drug-likeness (QED) is 0.481. The second kappa shape index (κ2) is 3.22. The van der Waals surface area contributed by atoms with Gasteiger partial charge in [0.2, 0.25) is 0 Å². The summed E-state index contributed by atoms with van der Waals surface area (Å²) >= 11 is 0. The molecule has 16 heavy (non-hydrogen) atoms. The van der Waals surface area contributed by atoms with Crippen molar-refractivity contribution in [2.75, 3.05) is 0 Å². The monoisotopic (exact) mass is 218 g/mol. The summed E-state index contributed by atoms with van der Waals surface area (Å²) in [7, 11) is 0. The van der Waals surface area contributed by atoms with Crippen LogP contribution in [0.4, 0.5) is 0 Å². The SMILES string of the molecule is C=C(C)[C@@H]1CC2=C(C)CCC[C@@]2(C)[C@@H]2O[C@@H]21. The normalized spacial score (nSPS) is 46.1. The largest absolute Gasteiger partial charge is 0.368 e. The fourth-order valence-corrected chi connectivity index (χ4v) is 3.96. The van der Waals surface area contributed by atoms with Crippen molar-refractivity contribution in [3.05, 3.63) is 23.3 Å². The Kier molecular flexibility index (Phi) is 2.13. The van der Waals surface area contributed by atoms with Crippen LogP contribution in [0, 0.1) is 11.3 Å². The molecule has 0 aromatic rings. The molecule has 1 heterocycles. The van der Waals surface area contributed by atoms with E-state index in [9.17, 15) is 0 Å². The molecule has 1 aliphatic heterocycles. The zero-order chi connectivity index (χ0) is 11.5. The van der Waals surface area contributed by atoms with Crippen LogP contribution in [0.25, 0.3) is 0 Å². The van der Waals surface area contributed by atoms with E-state index in [-0.39, 0.29) is 0 Å². The van der Waals surface area contributed by atoms with E-state index in [4.69, 9.17) is 4.74 Å². The lowest BCUT2D eigenvalue weighted by molar-refractivity contribution is 0.227. The third-order valence-electron chi connectivity index (χ3n) is 5.06. The van der Waals surface area contributed by atoms with E-state index >= 15 is 0 Å². The van der Waals surface area contributed by atoms with Gasteiger partial charge in [0.25, 0.3) is 0 Å². The Morgan fingerprint density at radius 3 is 2.94 bits per heavy atom. The predicted octanol–water partition coefficient (Wildman–Crippen LogP) is 3.86. The van der Waals surface area contributed by atoms with Gasteiger partial charge >= 0.3 is 0 Å². The number of allylic oxidation sites excluding steroid dienone is 1. The molecule has 0 bridgehead atoms. The molecular weight excluding hydrogens is 196 g/mol. The van der Waals surface area contributed by atoms with Crippen molar-refractivity contribution in [2.24, 2.45) is 11.3 Å². The summed E-state index contributed by atoms with van der Waals surface area (Å²) in [4.78, 5) is 0. The van der Waals surface area contributed by atoms with E-state index in [2.05, 4.69) is 27.4 Å². The maximum absolute atomic E-state index is 5.98. The molecule has 0 spiro atoms. The van der Waals surface area contributed by atoms with Gasteiger partial charge in [0, 0.05) is 11.3 Å². The summed E-state index contributed by atoms with van der Waals surface area (Å²) in [6.45, 7) is 11.0. The number of fused-ring (bicyclic) bond motifs is 3. The van der Waals surface area contributed by atoms with Gasteiger partial charge in [-0.15, -0.1) is 0 Å². The van der Waals surface area contributed by atoms with Crippen molar-refractivity contribution in [3.8, 4) is 0 Å². The molecule has 2 aliphatic carbocycles. The van der Waals surface area contributed by atoms with Crippen molar-refractivity contribution >= 4 is 0 Å². The minimum atomic E-state index is 0.360. The molecule has 0 unspecified atom stereocenters. The first-order chi connectivity index (χ1) is 7.54. The van der Waals surface area contributed by atoms with E-state index < -0.39 is 0 Å². The molecule has 0 aromatic heterocycles. The van der Waals surface area contributed by atoms with Crippen molar-refractivity contribution < 1.29 is 4.74 Å². The van der Waals surface area contributed by atoms with Crippen molar-refractivity contribution in [3.63, 3.8) is 0 Å². The summed E-state index contributed by atoms with van der Waals surface area (Å²) in [5.41, 5.74) is 5.00. The van der Waals surface area contributed by atoms with Gasteiger partial charge in [-0.05, 0) is 39.5 Å². The lowest BCUT2D eigenvalue weighted by atomic mass is 9.61. The Morgan fingerprint density at radius 1 is 1.50 bits per heavy atom. The lowest BCUT2D eigenvalue weighted by Crippen LogP contribution is -2.38. The topological polar surface area (TPSA) is 12.5 Å². The minimum absolute atomic E-state index is 0.360. The van der Waals surface area contributed by atoms with E-state index in [1.54, 1.807) is 11.1 Å². The number of rotatable bonds is 1. The predicted molar refractivity (Wildman–Crippen MR) is 66.2 cm³/mol. The smallest absolute Gasteiger partial charge is 0.0938 e. The first kappa shape index (κ1) is 10.6. The molecule has 0 N–H and O–H groups in total. The highest BCUT2D eigenvalue weighted by Gasteiger charge is 2.61. The van der Waals surface area contributed by atoms with Crippen LogP contribution in [-0.4, -0.2) is 12.2 Å². The van der Waals surface area contributed by atoms with Crippen molar-refractivity contribution in [1.29, 1.82) is 0 Å². The van der Waals surface area contributed by atoms with Gasteiger partial charge in [-0.25, -0.2) is 0 Å². The minimum Gasteiger partial charge on any atom is -0.368 e. The maximum atomic E-state index is 5.98. The summed E-state index contributed by atoms with van der Waals surface area (Å²) in [6.07, 6.45) is 6.15. The van der Waals surface area contributed by atoms with Crippen LogP contribution in [0.2, 0.25) is 0 Å². The lowest BCUT2D eigenvalue weighted by Gasteiger charge is -2.41. The molecule has 0 amide bonds. The Balaban J connectivity index is 1.99. The van der Waals surface area contributed by atoms with E-state index in [0.29, 0.717) is 23.5 Å². The number of hydrogen-bond donors (Lipinski definition) is 0. The Labute approximate surface area is 98.6 Å². The Morgan fingerprint density at radius 2 is 2.25 bits per heavy atom. The Hall–Kier alpha value is -0.560. The first-order valence-electron chi connectivity index (χ1n) is 6.54. The molecular formula is C15H22O. The standard InChI is InChI=1S/C15H22O/c1-9(2)11-8-12-10(3)6-5-7-15(12,4)14-13(11)16-14/h11,13-14H,1,5-8H2,2-4H3/t11-,13+,14+,15+/m0/s1. The number of epoxide rings is 1. The highest BCUT2D eigenvalue weighted by atomic mass is 16.6. The van der Waals surface area contributed by atoms with Crippen molar-refractivity contribution in [2.45, 2.75) is 58.7 Å². The van der Waals surface area contributed by atoms with Crippen LogP contribution in [0.1, 0.15) is 46.5 Å². The number of ether oxygens (including phenoxy) is 1. The van der Waals surface area contributed by atoms with Gasteiger partial charge < -0.3 is 4.74 Å². The fraction of sp³-hybridized carbons (Fsp3) is 0.733. The van der Waals surface area contributed by atoms with Gasteiger partial charge in [0.1, 0.15) is 0 Å². The van der Waals surface area contributed by atoms with E-state index in [0.717, 1.165) is 0 Å². The van der Waals surface area contributed by atoms with Gasteiger partial charge in [-0.3, -0.25) is 0 Å². The summed E-state index contributed by atoms with van der Waals surface area (Å²) in [6, 6.07) is 0. The fourth-order valence-electron chi connectivity index (χ4n) is 3.96. The molecule has 3 aliphatic rings. The van der Waals surface area contributed by atoms with Gasteiger partial charge in [-0.1, -0.05) is 30.2 Å². The summed E-state index contributed by atoms with van der Waals surface area (Å²) in [5, 5.41) is 0. The maximum Gasteiger partial charge on any atom is 0.0938 e. The molecule has 0 radical (unpaired) electrons. The average Bonchev–Trinajstić information content (AvgIpc) is 2.97. The molecule has 88 valence electrons. The van der Waals surface area contributed by atoms with Gasteiger partial charge in [0.15, 0.2) is 0 Å². The molecule has 4 atom stereocenters. The summed E-state index contributed by atoms with van der Waals surface area (Å²) in [5.74, 6) is 0.584. The van der Waals surface area contributed by atoms with E-state index in [1.165, 1.54) is 31.3 Å². The first-order valence-corrected chi connectivity index (χ1v) is 6.54. The highest BCUT2D eigenvalue weighted by molar-refractivity contribution is 5.34. The van der Waals surface area contributed by atoms with Crippen LogP contribution < -0.4 is 0 Å². The second-order valence-corrected chi connectivity index (χ2v) is 6.21.